The zero-order chi connectivity index (χ0) is 28.5. The molecule has 214 valence electrons. The van der Waals surface area contributed by atoms with Crippen LogP contribution in [0.1, 0.15) is 46.3 Å². The van der Waals surface area contributed by atoms with Gasteiger partial charge in [-0.25, -0.2) is 0 Å². The molecule has 2 amide bonds. The van der Waals surface area contributed by atoms with E-state index in [1.54, 1.807) is 4.90 Å². The molecular formula is C33H36ClN3O4. The molecule has 3 aliphatic rings. The molecule has 1 aliphatic carbocycles. The van der Waals surface area contributed by atoms with Crippen LogP contribution >= 0.6 is 11.6 Å². The molecule has 41 heavy (non-hydrogen) atoms. The number of ether oxygens (including phenoxy) is 2. The van der Waals surface area contributed by atoms with Gasteiger partial charge < -0.3 is 24.6 Å². The van der Waals surface area contributed by atoms with Gasteiger partial charge in [0.15, 0.2) is 0 Å². The molecule has 7 nitrogen and oxygen atoms in total. The second kappa shape index (κ2) is 11.7. The van der Waals surface area contributed by atoms with Gasteiger partial charge in [0.1, 0.15) is 18.5 Å². The van der Waals surface area contributed by atoms with E-state index in [0.717, 1.165) is 30.5 Å². The monoisotopic (exact) mass is 573 g/mol. The molecule has 1 fully saturated rings. The number of halogens is 1. The summed E-state index contributed by atoms with van der Waals surface area (Å²) in [5.74, 6) is 0.480. The molecule has 2 aliphatic heterocycles. The van der Waals surface area contributed by atoms with Gasteiger partial charge in [-0.1, -0.05) is 48.0 Å². The Balaban J connectivity index is 1.08. The van der Waals surface area contributed by atoms with Crippen LogP contribution < -0.4 is 15.0 Å². The topological polar surface area (TPSA) is 71.1 Å². The largest absolute Gasteiger partial charge is 0.490 e. The number of carbonyl (C=O) groups excluding carboxylic acids is 2. The van der Waals surface area contributed by atoms with Gasteiger partial charge in [0.2, 0.25) is 5.91 Å². The summed E-state index contributed by atoms with van der Waals surface area (Å²) in [5, 5.41) is 3.91. The van der Waals surface area contributed by atoms with Crippen LogP contribution in [0, 0.1) is 0 Å². The predicted molar refractivity (Wildman–Crippen MR) is 160 cm³/mol. The van der Waals surface area contributed by atoms with Gasteiger partial charge in [0.25, 0.3) is 5.91 Å². The Bertz CT molecular complexity index is 1400. The maximum Gasteiger partial charge on any atom is 0.257 e. The number of anilines is 1. The highest BCUT2D eigenvalue weighted by Crippen LogP contribution is 2.33. The lowest BCUT2D eigenvalue weighted by atomic mass is 9.94. The first-order valence-electron chi connectivity index (χ1n) is 14.3. The van der Waals surface area contributed by atoms with Crippen LogP contribution in [0.25, 0.3) is 0 Å². The molecule has 3 aromatic carbocycles. The van der Waals surface area contributed by atoms with Crippen LogP contribution in [-0.4, -0.2) is 61.7 Å². The van der Waals surface area contributed by atoms with Crippen LogP contribution in [0.4, 0.5) is 5.69 Å². The maximum absolute atomic E-state index is 13.7. The Kier molecular flexibility index (Phi) is 7.91. The summed E-state index contributed by atoms with van der Waals surface area (Å²) in [6, 6.07) is 21.9. The van der Waals surface area contributed by atoms with Crippen molar-refractivity contribution in [2.45, 2.75) is 62.9 Å². The molecule has 1 N–H and O–H groups in total. The molecule has 2 heterocycles. The molecule has 0 saturated carbocycles. The van der Waals surface area contributed by atoms with Crippen LogP contribution in [-0.2, 0) is 28.9 Å². The summed E-state index contributed by atoms with van der Waals surface area (Å²) in [6.07, 6.45) is 3.03. The van der Waals surface area contributed by atoms with Gasteiger partial charge >= 0.3 is 0 Å². The molecule has 3 atom stereocenters. The molecule has 6 rings (SSSR count). The van der Waals surface area contributed by atoms with E-state index in [0.29, 0.717) is 42.3 Å². The first-order chi connectivity index (χ1) is 19.8. The third kappa shape index (κ3) is 6.07. The van der Waals surface area contributed by atoms with Crippen molar-refractivity contribution in [2.24, 2.45) is 0 Å². The number of likely N-dealkylation sites (N-methyl/N-ethyl adjacent to an activating group) is 1. The van der Waals surface area contributed by atoms with Crippen LogP contribution in [0.5, 0.6) is 5.75 Å². The number of hydrogen-bond donors (Lipinski definition) is 1. The third-order valence-corrected chi connectivity index (χ3v) is 8.85. The van der Waals surface area contributed by atoms with Gasteiger partial charge in [-0.15, -0.1) is 0 Å². The van der Waals surface area contributed by atoms with Gasteiger partial charge in [0.05, 0.1) is 24.1 Å². The Hall–Kier alpha value is -3.55. The second-order valence-corrected chi connectivity index (χ2v) is 11.9. The third-order valence-electron chi connectivity index (χ3n) is 8.60. The van der Waals surface area contributed by atoms with Crippen molar-refractivity contribution >= 4 is 29.1 Å². The second-order valence-electron chi connectivity index (χ2n) is 11.5. The number of amides is 2. The molecule has 0 aromatic heterocycles. The van der Waals surface area contributed by atoms with Crippen molar-refractivity contribution in [3.63, 3.8) is 0 Å². The van der Waals surface area contributed by atoms with Crippen LogP contribution in [0.15, 0.2) is 66.7 Å². The van der Waals surface area contributed by atoms with E-state index in [2.05, 4.69) is 22.3 Å². The highest BCUT2D eigenvalue weighted by molar-refractivity contribution is 6.30. The molecule has 3 aromatic rings. The molecule has 0 radical (unpaired) electrons. The molecule has 8 heteroatoms. The summed E-state index contributed by atoms with van der Waals surface area (Å²) >= 11 is 6.03. The molecule has 0 spiro atoms. The van der Waals surface area contributed by atoms with Gasteiger partial charge in [-0.2, -0.15) is 0 Å². The lowest BCUT2D eigenvalue weighted by Crippen LogP contribution is -2.54. The highest BCUT2D eigenvalue weighted by Gasteiger charge is 2.39. The fraction of sp³-hybridized carbons (Fsp3) is 0.394. The first kappa shape index (κ1) is 27.6. The van der Waals surface area contributed by atoms with Gasteiger partial charge in [-0.05, 0) is 72.7 Å². The van der Waals surface area contributed by atoms with Crippen molar-refractivity contribution < 1.29 is 19.1 Å². The Morgan fingerprint density at radius 3 is 2.51 bits per heavy atom. The van der Waals surface area contributed by atoms with Crippen molar-refractivity contribution in [3.05, 3.63) is 94.0 Å². The lowest BCUT2D eigenvalue weighted by molar-refractivity contribution is -0.134. The van der Waals surface area contributed by atoms with E-state index in [4.69, 9.17) is 21.1 Å². The van der Waals surface area contributed by atoms with Crippen LogP contribution in [0.2, 0.25) is 5.02 Å². The smallest absolute Gasteiger partial charge is 0.257 e. The van der Waals surface area contributed by atoms with Gasteiger partial charge in [-0.3, -0.25) is 9.59 Å². The first-order valence-corrected chi connectivity index (χ1v) is 14.7. The normalized spacial score (nSPS) is 22.1. The quantitative estimate of drug-likeness (QED) is 0.448. The minimum Gasteiger partial charge on any atom is -0.490 e. The van der Waals surface area contributed by atoms with E-state index >= 15 is 0 Å². The fourth-order valence-corrected chi connectivity index (χ4v) is 6.49. The Morgan fingerprint density at radius 1 is 1.05 bits per heavy atom. The van der Waals surface area contributed by atoms with Crippen molar-refractivity contribution in [1.29, 1.82) is 0 Å². The van der Waals surface area contributed by atoms with Crippen LogP contribution in [0.3, 0.4) is 0 Å². The summed E-state index contributed by atoms with van der Waals surface area (Å²) in [6.45, 7) is 1.01. The Morgan fingerprint density at radius 2 is 1.78 bits per heavy atom. The summed E-state index contributed by atoms with van der Waals surface area (Å²) < 4.78 is 12.6. The number of carbonyl (C=O) groups is 2. The molecular weight excluding hydrogens is 538 g/mol. The number of hydrogen-bond acceptors (Lipinski definition) is 5. The average molecular weight is 574 g/mol. The number of nitrogens with zero attached hydrogens (tertiary/aromatic N) is 2. The van der Waals surface area contributed by atoms with E-state index in [1.165, 1.54) is 11.1 Å². The number of benzene rings is 3. The lowest BCUT2D eigenvalue weighted by Gasteiger charge is -2.42. The summed E-state index contributed by atoms with van der Waals surface area (Å²) in [5.41, 5.74) is 5.23. The number of rotatable bonds is 6. The van der Waals surface area contributed by atoms with Gasteiger partial charge in [0, 0.05) is 37.4 Å². The predicted octanol–water partition coefficient (Wildman–Crippen LogP) is 5.03. The number of fused-ring (bicyclic) bond motifs is 3. The van der Waals surface area contributed by atoms with Crippen molar-refractivity contribution in [1.82, 2.24) is 10.2 Å². The van der Waals surface area contributed by atoms with Crippen molar-refractivity contribution in [2.75, 3.05) is 25.6 Å². The van der Waals surface area contributed by atoms with E-state index in [1.807, 2.05) is 68.7 Å². The average Bonchev–Trinajstić information content (AvgIpc) is 3.38. The fourth-order valence-electron chi connectivity index (χ4n) is 6.36. The summed E-state index contributed by atoms with van der Waals surface area (Å²) in [7, 11) is 3.84. The van der Waals surface area contributed by atoms with Crippen molar-refractivity contribution in [3.8, 4) is 5.75 Å². The minimum atomic E-state index is -0.299. The summed E-state index contributed by atoms with van der Waals surface area (Å²) in [4.78, 5) is 30.4. The van der Waals surface area contributed by atoms with E-state index in [-0.39, 0.29) is 36.1 Å². The SMILES string of the molecule is CN(Cc1ccc(Cl)cc1)c1ccc2c(c1)C(=O)N(C)[C@H]1CC[C@@H](CC(=O)NC3Cc4ccccc4C3)O[C@H]1CO2. The van der Waals surface area contributed by atoms with E-state index in [9.17, 15) is 9.59 Å². The zero-order valence-corrected chi connectivity index (χ0v) is 24.3. The minimum absolute atomic E-state index is 0.0167. The standard InChI is InChI=1S/C33H36ClN3O4/c1-36(19-21-7-9-24(34)10-8-21)26-11-14-30-28(17-26)33(39)37(2)29-13-12-27(41-31(29)20-40-30)18-32(38)35-25-15-22-5-3-4-6-23(22)16-25/h3-11,14,17,25,27,29,31H,12-13,15-16,18-20H2,1-2H3,(H,35,38)/t27-,29-,31-/m0/s1. The zero-order valence-electron chi connectivity index (χ0n) is 23.5. The maximum atomic E-state index is 13.7. The van der Waals surface area contributed by atoms with E-state index < -0.39 is 0 Å². The Labute approximate surface area is 246 Å². The highest BCUT2D eigenvalue weighted by atomic mass is 35.5. The number of nitrogens with one attached hydrogen (secondary N) is 1. The molecule has 0 bridgehead atoms. The molecule has 0 unspecified atom stereocenters. The molecule has 1 saturated heterocycles.